The van der Waals surface area contributed by atoms with Crippen LogP contribution in [0.4, 0.5) is 11.4 Å². The molecule has 0 radical (unpaired) electrons. The third-order valence-electron chi connectivity index (χ3n) is 3.21. The number of nitrogens with one attached hydrogen (secondary N) is 1. The quantitative estimate of drug-likeness (QED) is 0.718. The van der Waals surface area contributed by atoms with E-state index >= 15 is 0 Å². The summed E-state index contributed by atoms with van der Waals surface area (Å²) in [5.41, 5.74) is 2.47. The van der Waals surface area contributed by atoms with Crippen molar-refractivity contribution in [3.8, 4) is 0 Å². The number of carbonyl (C=O) groups is 1. The number of hydrogen-bond acceptors (Lipinski definition) is 4. The average molecular weight is 339 g/mol. The molecule has 5 nitrogen and oxygen atoms in total. The summed E-state index contributed by atoms with van der Waals surface area (Å²) in [6, 6.07) is 12.2. The molecule has 0 bridgehead atoms. The second kappa shape index (κ2) is 7.48. The Hall–Kier alpha value is -3.05. The van der Waals surface area contributed by atoms with Gasteiger partial charge in [-0.3, -0.25) is 19.8 Å². The van der Waals surface area contributed by atoms with Gasteiger partial charge in [0.25, 0.3) is 5.91 Å². The van der Waals surface area contributed by atoms with E-state index in [0.717, 1.165) is 5.56 Å². The Kier molecular flexibility index (Phi) is 4.93. The minimum absolute atomic E-state index is 0. The van der Waals surface area contributed by atoms with Crippen molar-refractivity contribution in [2.75, 3.05) is 5.32 Å². The van der Waals surface area contributed by atoms with Crippen LogP contribution in [0.15, 0.2) is 72.2 Å². The molecule has 1 N–H and O–H groups in total. The second-order valence-electron chi connectivity index (χ2n) is 4.89. The van der Waals surface area contributed by atoms with Gasteiger partial charge in [-0.2, -0.15) is 0 Å². The van der Waals surface area contributed by atoms with E-state index in [4.69, 9.17) is 11.6 Å². The van der Waals surface area contributed by atoms with Gasteiger partial charge in [0.15, 0.2) is 0 Å². The molecule has 2 aromatic heterocycles. The number of pyridine rings is 2. The highest BCUT2D eigenvalue weighted by Gasteiger charge is 2.11. The molecule has 3 aromatic rings. The standard InChI is InChI=1S/C18H13ClN4O.H2/c19-14-1-3-15(4-2-14)23-18(24)16-7-10-21-12-17(16)22-11-13-5-8-20-9-6-13;/h1-12H,(H,23,24);1H. The van der Waals surface area contributed by atoms with Gasteiger partial charge in [-0.25, -0.2) is 0 Å². The molecule has 0 saturated heterocycles. The van der Waals surface area contributed by atoms with E-state index in [1.165, 1.54) is 0 Å². The van der Waals surface area contributed by atoms with Gasteiger partial charge >= 0.3 is 0 Å². The van der Waals surface area contributed by atoms with Crippen LogP contribution in [0.2, 0.25) is 5.02 Å². The summed E-state index contributed by atoms with van der Waals surface area (Å²) < 4.78 is 0. The van der Waals surface area contributed by atoms with E-state index in [1.807, 2.05) is 12.1 Å². The van der Waals surface area contributed by atoms with E-state index in [1.54, 1.807) is 61.3 Å². The molecule has 6 heteroatoms. The smallest absolute Gasteiger partial charge is 0.257 e. The first-order chi connectivity index (χ1) is 11.7. The van der Waals surface area contributed by atoms with Crippen molar-refractivity contribution in [3.63, 3.8) is 0 Å². The predicted molar refractivity (Wildman–Crippen MR) is 97.2 cm³/mol. The second-order valence-corrected chi connectivity index (χ2v) is 5.33. The number of rotatable bonds is 4. The summed E-state index contributed by atoms with van der Waals surface area (Å²) in [6.07, 6.45) is 8.13. The first kappa shape index (κ1) is 15.8. The lowest BCUT2D eigenvalue weighted by Crippen LogP contribution is -2.12. The van der Waals surface area contributed by atoms with Gasteiger partial charge in [0.2, 0.25) is 0 Å². The third kappa shape index (κ3) is 4.02. The molecule has 0 aliphatic heterocycles. The summed E-state index contributed by atoms with van der Waals surface area (Å²) in [7, 11) is 0. The molecular formula is C18H15ClN4O. The Morgan fingerprint density at radius 3 is 2.50 bits per heavy atom. The number of amides is 1. The lowest BCUT2D eigenvalue weighted by molar-refractivity contribution is 0.102. The van der Waals surface area contributed by atoms with Crippen molar-refractivity contribution in [1.82, 2.24) is 9.97 Å². The highest BCUT2D eigenvalue weighted by molar-refractivity contribution is 6.30. The Morgan fingerprint density at radius 1 is 1.04 bits per heavy atom. The molecule has 1 amide bonds. The molecule has 0 spiro atoms. The van der Waals surface area contributed by atoms with Gasteiger partial charge < -0.3 is 5.32 Å². The van der Waals surface area contributed by atoms with E-state index < -0.39 is 0 Å². The Bertz CT molecular complexity index is 870. The Labute approximate surface area is 145 Å². The Balaban J connectivity index is 0.00000225. The fraction of sp³-hybridized carbons (Fsp3) is 0. The van der Waals surface area contributed by atoms with Crippen molar-refractivity contribution < 1.29 is 6.22 Å². The fourth-order valence-electron chi connectivity index (χ4n) is 2.01. The number of nitrogens with zero attached hydrogens (tertiary/aromatic N) is 3. The van der Waals surface area contributed by atoms with E-state index in [9.17, 15) is 4.79 Å². The van der Waals surface area contributed by atoms with Gasteiger partial charge in [0, 0.05) is 36.9 Å². The number of anilines is 1. The zero-order chi connectivity index (χ0) is 16.8. The number of halogens is 1. The van der Waals surface area contributed by atoms with Crippen LogP contribution in [0.3, 0.4) is 0 Å². The van der Waals surface area contributed by atoms with Crippen molar-refractivity contribution in [1.29, 1.82) is 0 Å². The summed E-state index contributed by atoms with van der Waals surface area (Å²) in [4.78, 5) is 24.8. The molecule has 0 saturated carbocycles. The summed E-state index contributed by atoms with van der Waals surface area (Å²) in [6.45, 7) is 0. The van der Waals surface area contributed by atoms with Crippen LogP contribution < -0.4 is 5.32 Å². The van der Waals surface area contributed by atoms with Crippen LogP contribution >= 0.6 is 11.6 Å². The molecule has 0 aliphatic rings. The summed E-state index contributed by atoms with van der Waals surface area (Å²) in [5.74, 6) is -0.262. The van der Waals surface area contributed by atoms with E-state index in [-0.39, 0.29) is 7.33 Å². The SMILES string of the molecule is O=C(Nc1ccc(Cl)cc1)c1ccncc1N=Cc1ccncc1.[HH]. The first-order valence-corrected chi connectivity index (χ1v) is 7.55. The van der Waals surface area contributed by atoms with Crippen LogP contribution in [0.5, 0.6) is 0 Å². The largest absolute Gasteiger partial charge is 0.322 e. The molecule has 0 fully saturated rings. The minimum atomic E-state index is -0.262. The van der Waals surface area contributed by atoms with E-state index in [2.05, 4.69) is 20.3 Å². The Morgan fingerprint density at radius 2 is 1.75 bits per heavy atom. The highest BCUT2D eigenvalue weighted by atomic mass is 35.5. The molecule has 120 valence electrons. The average Bonchev–Trinajstić information content (AvgIpc) is 2.63. The normalized spacial score (nSPS) is 10.7. The number of hydrogen-bond donors (Lipinski definition) is 1. The van der Waals surface area contributed by atoms with Crippen LogP contribution in [-0.2, 0) is 0 Å². The zero-order valence-corrected chi connectivity index (χ0v) is 13.3. The first-order valence-electron chi connectivity index (χ1n) is 7.17. The predicted octanol–water partition coefficient (Wildman–Crippen LogP) is 4.38. The van der Waals surface area contributed by atoms with Gasteiger partial charge in [-0.05, 0) is 48.0 Å². The van der Waals surface area contributed by atoms with Gasteiger partial charge in [0.05, 0.1) is 17.4 Å². The topological polar surface area (TPSA) is 67.2 Å². The van der Waals surface area contributed by atoms with E-state index in [0.29, 0.717) is 22.0 Å². The molecule has 0 aliphatic carbocycles. The monoisotopic (exact) mass is 338 g/mol. The minimum Gasteiger partial charge on any atom is -0.322 e. The maximum atomic E-state index is 12.5. The van der Waals surface area contributed by atoms with Crippen molar-refractivity contribution in [2.45, 2.75) is 0 Å². The zero-order valence-electron chi connectivity index (χ0n) is 12.6. The lowest BCUT2D eigenvalue weighted by atomic mass is 10.2. The van der Waals surface area contributed by atoms with Gasteiger partial charge in [-0.15, -0.1) is 0 Å². The molecule has 1 aromatic carbocycles. The number of carbonyl (C=O) groups excluding carboxylic acids is 1. The van der Waals surface area contributed by atoms with Crippen LogP contribution in [0.1, 0.15) is 17.3 Å². The number of aromatic nitrogens is 2. The number of benzene rings is 1. The maximum Gasteiger partial charge on any atom is 0.257 e. The molecule has 24 heavy (non-hydrogen) atoms. The molecular weight excluding hydrogens is 324 g/mol. The number of aliphatic imine (C=N–C) groups is 1. The fourth-order valence-corrected chi connectivity index (χ4v) is 2.13. The van der Waals surface area contributed by atoms with Crippen LogP contribution in [-0.4, -0.2) is 22.1 Å². The van der Waals surface area contributed by atoms with Crippen molar-refractivity contribution in [2.24, 2.45) is 4.99 Å². The third-order valence-corrected chi connectivity index (χ3v) is 3.46. The van der Waals surface area contributed by atoms with Gasteiger partial charge in [-0.1, -0.05) is 11.6 Å². The van der Waals surface area contributed by atoms with Crippen LogP contribution in [0, 0.1) is 0 Å². The summed E-state index contributed by atoms with van der Waals surface area (Å²) >= 11 is 5.85. The molecule has 3 rings (SSSR count). The molecule has 0 unspecified atom stereocenters. The van der Waals surface area contributed by atoms with Crippen LogP contribution in [0.25, 0.3) is 0 Å². The lowest BCUT2D eigenvalue weighted by Gasteiger charge is -2.07. The maximum absolute atomic E-state index is 12.5. The van der Waals surface area contributed by atoms with Gasteiger partial charge in [0.1, 0.15) is 0 Å². The molecule has 2 heterocycles. The summed E-state index contributed by atoms with van der Waals surface area (Å²) in [5, 5.41) is 3.43. The molecule has 0 atom stereocenters. The van der Waals surface area contributed by atoms with Crippen molar-refractivity contribution in [3.05, 3.63) is 83.4 Å². The highest BCUT2D eigenvalue weighted by Crippen LogP contribution is 2.20. The van der Waals surface area contributed by atoms with Crippen molar-refractivity contribution >= 4 is 35.1 Å².